The summed E-state index contributed by atoms with van der Waals surface area (Å²) < 4.78 is 43.7. The Morgan fingerprint density at radius 1 is 0.594 bits per heavy atom. The van der Waals surface area contributed by atoms with Gasteiger partial charge in [-0.25, -0.2) is 17.8 Å². The molecule has 4 aromatic carbocycles. The van der Waals surface area contributed by atoms with Crippen LogP contribution in [0.2, 0.25) is 0 Å². The molecular formula is C26H19F3N2P+. The highest BCUT2D eigenvalue weighted by atomic mass is 31.2. The first-order chi connectivity index (χ1) is 15.4. The summed E-state index contributed by atoms with van der Waals surface area (Å²) in [6.45, 7) is 0. The van der Waals surface area contributed by atoms with Crippen molar-refractivity contribution in [2.24, 2.45) is 0 Å². The Morgan fingerprint density at radius 3 is 1.25 bits per heavy atom. The first kappa shape index (κ1) is 21.6. The number of rotatable bonds is 5. The van der Waals surface area contributed by atoms with Crippen molar-refractivity contribution in [2.75, 3.05) is 11.7 Å². The fraction of sp³-hybridized carbons (Fsp3) is 0.0385. The molecule has 0 atom stereocenters. The summed E-state index contributed by atoms with van der Waals surface area (Å²) in [6, 6.07) is 27.9. The Balaban J connectivity index is 2.05. The lowest BCUT2D eigenvalue weighted by atomic mass is 10.2. The molecule has 0 radical (unpaired) electrons. The molecule has 0 heterocycles. The molecule has 0 bridgehead atoms. The van der Waals surface area contributed by atoms with Gasteiger partial charge < -0.3 is 0 Å². The van der Waals surface area contributed by atoms with Gasteiger partial charge in [0.25, 0.3) is 0 Å². The second-order valence-corrected chi connectivity index (χ2v) is 10.7. The number of nitriles is 1. The van der Waals surface area contributed by atoms with Gasteiger partial charge in [-0.05, 0) is 97.1 Å². The van der Waals surface area contributed by atoms with Gasteiger partial charge in [-0.1, -0.05) is 0 Å². The SMILES string of the molecule is CN(c1ccc(C#N)cc1)[P+](c1ccc(F)cc1)(c1ccc(F)cc1)c1ccc(F)cc1. The molecule has 4 aromatic rings. The van der Waals surface area contributed by atoms with Gasteiger partial charge in [0.05, 0.1) is 17.3 Å². The third-order valence-corrected chi connectivity index (χ3v) is 9.69. The zero-order valence-electron chi connectivity index (χ0n) is 17.2. The molecule has 32 heavy (non-hydrogen) atoms. The second kappa shape index (κ2) is 8.86. The monoisotopic (exact) mass is 447 g/mol. The van der Waals surface area contributed by atoms with Crippen molar-refractivity contribution >= 4 is 29.0 Å². The second-order valence-electron chi connectivity index (χ2n) is 7.25. The zero-order valence-corrected chi connectivity index (χ0v) is 18.1. The lowest BCUT2D eigenvalue weighted by Gasteiger charge is -2.35. The minimum Gasteiger partial charge on any atom is -0.237 e. The van der Waals surface area contributed by atoms with Crippen LogP contribution in [-0.4, -0.2) is 7.05 Å². The average Bonchev–Trinajstić information content (AvgIpc) is 2.82. The smallest absolute Gasteiger partial charge is 0.202 e. The maximum absolute atomic E-state index is 13.9. The molecule has 2 nitrogen and oxygen atoms in total. The van der Waals surface area contributed by atoms with Crippen molar-refractivity contribution in [3.05, 3.63) is 120 Å². The lowest BCUT2D eigenvalue weighted by Crippen LogP contribution is -2.42. The molecule has 0 saturated carbocycles. The Bertz CT molecular complexity index is 1140. The molecule has 0 saturated heterocycles. The molecule has 0 unspecified atom stereocenters. The fourth-order valence-corrected chi connectivity index (χ4v) is 8.02. The Morgan fingerprint density at radius 2 is 0.938 bits per heavy atom. The maximum atomic E-state index is 13.9. The number of nitrogens with zero attached hydrogens (tertiary/aromatic N) is 2. The maximum Gasteiger partial charge on any atom is 0.202 e. The minimum absolute atomic E-state index is 0.369. The molecular weight excluding hydrogens is 428 g/mol. The third kappa shape index (κ3) is 3.86. The summed E-state index contributed by atoms with van der Waals surface area (Å²) in [5.41, 5.74) is 1.34. The van der Waals surface area contributed by atoms with Crippen LogP contribution in [0.25, 0.3) is 0 Å². The summed E-state index contributed by atoms with van der Waals surface area (Å²) >= 11 is 0. The number of hydrogen-bond acceptors (Lipinski definition) is 2. The Labute approximate surface area is 185 Å². The quantitative estimate of drug-likeness (QED) is 0.387. The van der Waals surface area contributed by atoms with Crippen LogP contribution in [0.5, 0.6) is 0 Å². The van der Waals surface area contributed by atoms with Crippen LogP contribution in [0.4, 0.5) is 18.9 Å². The van der Waals surface area contributed by atoms with E-state index in [-0.39, 0.29) is 17.5 Å². The average molecular weight is 447 g/mol. The first-order valence-corrected chi connectivity index (χ1v) is 11.6. The topological polar surface area (TPSA) is 27.0 Å². The van der Waals surface area contributed by atoms with Crippen LogP contribution in [0, 0.1) is 28.8 Å². The highest BCUT2D eigenvalue weighted by molar-refractivity contribution is 7.96. The zero-order chi connectivity index (χ0) is 22.7. The normalized spacial score (nSPS) is 11.1. The number of benzene rings is 4. The number of anilines is 1. The van der Waals surface area contributed by atoms with E-state index in [0.717, 1.165) is 21.6 Å². The molecule has 0 spiro atoms. The van der Waals surface area contributed by atoms with Gasteiger partial charge in [0, 0.05) is 7.05 Å². The van der Waals surface area contributed by atoms with E-state index in [1.54, 1.807) is 48.5 Å². The van der Waals surface area contributed by atoms with Crippen molar-refractivity contribution in [1.29, 1.82) is 5.26 Å². The molecule has 0 aromatic heterocycles. The Kier molecular flexibility index (Phi) is 5.99. The lowest BCUT2D eigenvalue weighted by molar-refractivity contribution is 0.628. The predicted molar refractivity (Wildman–Crippen MR) is 125 cm³/mol. The van der Waals surface area contributed by atoms with Crippen LogP contribution in [0.1, 0.15) is 5.56 Å². The molecule has 4 rings (SSSR count). The first-order valence-electron chi connectivity index (χ1n) is 9.87. The van der Waals surface area contributed by atoms with Crippen LogP contribution >= 0.6 is 7.41 Å². The van der Waals surface area contributed by atoms with Gasteiger partial charge in [-0.2, -0.15) is 5.26 Å². The fourth-order valence-electron chi connectivity index (χ4n) is 3.86. The Hall–Kier alpha value is -3.61. The van der Waals surface area contributed by atoms with E-state index in [9.17, 15) is 18.4 Å². The van der Waals surface area contributed by atoms with Crippen molar-refractivity contribution in [1.82, 2.24) is 0 Å². The van der Waals surface area contributed by atoms with Crippen LogP contribution in [0.15, 0.2) is 97.1 Å². The third-order valence-electron chi connectivity index (χ3n) is 5.42. The summed E-state index contributed by atoms with van der Waals surface area (Å²) in [7, 11) is -0.791. The van der Waals surface area contributed by atoms with Crippen molar-refractivity contribution < 1.29 is 13.2 Å². The van der Waals surface area contributed by atoms with Crippen molar-refractivity contribution in [3.8, 4) is 6.07 Å². The summed E-state index contributed by atoms with van der Waals surface area (Å²) in [5, 5.41) is 11.6. The molecule has 0 aliphatic carbocycles. The largest absolute Gasteiger partial charge is 0.237 e. The van der Waals surface area contributed by atoms with Crippen molar-refractivity contribution in [2.45, 2.75) is 0 Å². The van der Waals surface area contributed by atoms with E-state index in [1.165, 1.54) is 36.4 Å². The summed E-state index contributed by atoms with van der Waals surface area (Å²) in [6.07, 6.45) is 0. The minimum atomic E-state index is -2.70. The van der Waals surface area contributed by atoms with Gasteiger partial charge in [0.15, 0.2) is 0 Å². The van der Waals surface area contributed by atoms with E-state index >= 15 is 0 Å². The molecule has 0 aliphatic heterocycles. The van der Waals surface area contributed by atoms with Crippen LogP contribution in [0.3, 0.4) is 0 Å². The van der Waals surface area contributed by atoms with Gasteiger partial charge in [-0.15, -0.1) is 0 Å². The molecule has 0 fully saturated rings. The molecule has 6 heteroatoms. The van der Waals surface area contributed by atoms with Crippen LogP contribution < -0.4 is 20.6 Å². The standard InChI is InChI=1S/C26H19F3N2P/c1-31(23-10-2-19(18-30)3-11-23)32(24-12-4-20(27)5-13-24,25-14-6-21(28)7-15-25)26-16-8-22(29)9-17-26/h2-17H,1H3/q+1. The highest BCUT2D eigenvalue weighted by Crippen LogP contribution is 2.59. The molecule has 0 amide bonds. The van der Waals surface area contributed by atoms with E-state index in [1.807, 2.05) is 19.2 Å². The molecule has 0 aliphatic rings. The van der Waals surface area contributed by atoms with Gasteiger partial charge in [0.1, 0.15) is 33.4 Å². The van der Waals surface area contributed by atoms with E-state index in [0.29, 0.717) is 5.56 Å². The van der Waals surface area contributed by atoms with Crippen LogP contribution in [-0.2, 0) is 0 Å². The van der Waals surface area contributed by atoms with E-state index in [4.69, 9.17) is 0 Å². The highest BCUT2D eigenvalue weighted by Gasteiger charge is 2.50. The number of hydrogen-bond donors (Lipinski definition) is 0. The van der Waals surface area contributed by atoms with Crippen molar-refractivity contribution in [3.63, 3.8) is 0 Å². The van der Waals surface area contributed by atoms with E-state index < -0.39 is 7.41 Å². The predicted octanol–water partition coefficient (Wildman–Crippen LogP) is 5.32. The number of halogens is 3. The van der Waals surface area contributed by atoms with Gasteiger partial charge in [0.2, 0.25) is 7.41 Å². The van der Waals surface area contributed by atoms with E-state index in [2.05, 4.69) is 10.7 Å². The van der Waals surface area contributed by atoms with Gasteiger partial charge >= 0.3 is 0 Å². The summed E-state index contributed by atoms with van der Waals surface area (Å²) in [4.78, 5) is 0. The summed E-state index contributed by atoms with van der Waals surface area (Å²) in [5.74, 6) is -1.11. The van der Waals surface area contributed by atoms with Gasteiger partial charge in [-0.3, -0.25) is 0 Å². The molecule has 0 N–H and O–H groups in total. The molecule has 158 valence electrons.